The average molecular weight is 1320 g/mol. The molecule has 0 aromatic heterocycles. The maximum absolute atomic E-state index is 13.4. The van der Waals surface area contributed by atoms with Gasteiger partial charge >= 0.3 is 0 Å². The summed E-state index contributed by atoms with van der Waals surface area (Å²) in [6.07, 6.45) is 41.9. The molecule has 0 aromatic carbocycles. The fourth-order valence-corrected chi connectivity index (χ4v) is 12.3. The van der Waals surface area contributed by atoms with E-state index in [0.29, 0.717) is 12.8 Å². The third kappa shape index (κ3) is 36.8. The summed E-state index contributed by atoms with van der Waals surface area (Å²) in [7, 11) is 0. The van der Waals surface area contributed by atoms with Crippen molar-refractivity contribution in [2.45, 2.75) is 375 Å². The number of amides is 1. The number of hydrogen-bond acceptors (Lipinski definition) is 18. The number of rotatable bonds is 57. The van der Waals surface area contributed by atoms with Crippen molar-refractivity contribution in [2.75, 3.05) is 26.4 Å². The van der Waals surface area contributed by atoms with Gasteiger partial charge in [0.05, 0.1) is 38.6 Å². The van der Waals surface area contributed by atoms with E-state index >= 15 is 0 Å². The maximum Gasteiger partial charge on any atom is 0.220 e. The minimum atomic E-state index is -1.98. The number of unbranched alkanes of at least 4 members (excludes halogenated alkanes) is 33. The van der Waals surface area contributed by atoms with Crippen molar-refractivity contribution in [3.05, 3.63) is 60.8 Å². The van der Waals surface area contributed by atoms with Gasteiger partial charge in [0.2, 0.25) is 5.91 Å². The monoisotopic (exact) mass is 1320 g/mol. The summed E-state index contributed by atoms with van der Waals surface area (Å²) in [5.74, 6) is -0.287. The molecule has 542 valence electrons. The fourth-order valence-electron chi connectivity index (χ4n) is 12.3. The van der Waals surface area contributed by atoms with Crippen LogP contribution in [0.15, 0.2) is 60.8 Å². The lowest BCUT2D eigenvalue weighted by Crippen LogP contribution is -2.66. The topological polar surface area (TPSA) is 307 Å². The molecule has 3 fully saturated rings. The van der Waals surface area contributed by atoms with Crippen LogP contribution in [0.1, 0.15) is 271 Å². The maximum atomic E-state index is 13.4. The van der Waals surface area contributed by atoms with Gasteiger partial charge in [-0.3, -0.25) is 4.79 Å². The van der Waals surface area contributed by atoms with E-state index in [-0.39, 0.29) is 18.9 Å². The zero-order valence-electron chi connectivity index (χ0n) is 57.5. The Bertz CT molecular complexity index is 1920. The van der Waals surface area contributed by atoms with Crippen LogP contribution in [0.2, 0.25) is 0 Å². The summed E-state index contributed by atoms with van der Waals surface area (Å²) in [4.78, 5) is 13.4. The standard InChI is InChI=1S/C74H133NO18/c1-3-5-7-9-11-13-15-17-19-21-23-25-26-27-28-29-30-32-34-36-38-40-42-44-46-48-50-52-62(80)75-57(58(79)51-49-47-45-43-41-39-37-35-33-31-24-22-20-18-16-14-12-10-8-6-4-2)56-88-72-68(86)65(83)70(60(54-77)90-72)93-74-69(87)66(84)71(61(55-78)91-74)92-73-67(85)64(82)63(81)59(53-76)89-73/h15,17,21,23,26-27,41,43,49,51,57-61,63-74,76-79,81-87H,3-14,16,18-20,22,24-25,28-40,42,44-48,50,52-56H2,1-2H3,(H,75,80)/b17-15-,23-21-,27-26-,43-41+,51-49+. The van der Waals surface area contributed by atoms with E-state index in [1.54, 1.807) is 6.08 Å². The van der Waals surface area contributed by atoms with E-state index in [1.807, 2.05) is 6.08 Å². The van der Waals surface area contributed by atoms with E-state index in [0.717, 1.165) is 57.8 Å². The first-order valence-electron chi connectivity index (χ1n) is 37.0. The molecule has 3 aliphatic heterocycles. The van der Waals surface area contributed by atoms with Crippen LogP contribution in [-0.4, -0.2) is 193 Å². The summed E-state index contributed by atoms with van der Waals surface area (Å²) in [5, 5.41) is 121. The molecule has 0 aliphatic carbocycles. The van der Waals surface area contributed by atoms with Crippen molar-refractivity contribution in [1.82, 2.24) is 5.32 Å². The summed E-state index contributed by atoms with van der Waals surface area (Å²) >= 11 is 0. The lowest BCUT2D eigenvalue weighted by atomic mass is 9.96. The van der Waals surface area contributed by atoms with Crippen molar-refractivity contribution < 1.29 is 89.4 Å². The summed E-state index contributed by atoms with van der Waals surface area (Å²) < 4.78 is 34.4. The van der Waals surface area contributed by atoms with Gasteiger partial charge in [0.1, 0.15) is 73.2 Å². The van der Waals surface area contributed by atoms with E-state index in [2.05, 4.69) is 67.8 Å². The van der Waals surface area contributed by atoms with E-state index in [9.17, 15) is 61.0 Å². The number of allylic oxidation sites excluding steroid dienone is 9. The number of hydrogen-bond donors (Lipinski definition) is 12. The SMILES string of the molecule is CCCCCCC/C=C\C/C=C\C/C=C\CCCCCCCCCCCCCCC(=O)NC(COC1OC(CO)C(OC2OC(CO)C(OC3OC(CO)C(O)C(O)C3O)C(O)C2O)C(O)C1O)C(O)/C=C/CC/C=C/CCCCCCCCCCCCCCCCC. The first-order valence-corrected chi connectivity index (χ1v) is 37.0. The Morgan fingerprint density at radius 2 is 0.720 bits per heavy atom. The smallest absolute Gasteiger partial charge is 0.220 e. The van der Waals surface area contributed by atoms with Crippen LogP contribution in [0.25, 0.3) is 0 Å². The van der Waals surface area contributed by atoms with Gasteiger partial charge in [0, 0.05) is 6.42 Å². The first kappa shape index (κ1) is 84.7. The molecular weight excluding hydrogens is 1190 g/mol. The minimum Gasteiger partial charge on any atom is -0.394 e. The Labute approximate surface area is 560 Å². The van der Waals surface area contributed by atoms with Gasteiger partial charge in [-0.1, -0.05) is 254 Å². The minimum absolute atomic E-state index is 0.232. The van der Waals surface area contributed by atoms with Crippen molar-refractivity contribution in [3.63, 3.8) is 0 Å². The second-order valence-electron chi connectivity index (χ2n) is 26.4. The van der Waals surface area contributed by atoms with Crippen LogP contribution in [-0.2, 0) is 33.2 Å². The lowest BCUT2D eigenvalue weighted by molar-refractivity contribution is -0.379. The normalized spacial score (nSPS) is 27.9. The molecule has 19 heteroatoms. The Balaban J connectivity index is 1.42. The number of aliphatic hydroxyl groups is 11. The van der Waals surface area contributed by atoms with Gasteiger partial charge in [-0.25, -0.2) is 0 Å². The van der Waals surface area contributed by atoms with Crippen LogP contribution in [0.5, 0.6) is 0 Å². The number of ether oxygens (including phenoxy) is 6. The van der Waals surface area contributed by atoms with Crippen molar-refractivity contribution >= 4 is 5.91 Å². The van der Waals surface area contributed by atoms with Gasteiger partial charge in [0.25, 0.3) is 0 Å². The van der Waals surface area contributed by atoms with E-state index < -0.39 is 124 Å². The molecule has 0 aromatic rings. The largest absolute Gasteiger partial charge is 0.394 e. The molecule has 17 unspecified atom stereocenters. The molecule has 17 atom stereocenters. The average Bonchev–Trinajstić information content (AvgIpc) is 0.902. The van der Waals surface area contributed by atoms with Crippen LogP contribution < -0.4 is 5.32 Å². The molecule has 93 heavy (non-hydrogen) atoms. The molecule has 3 heterocycles. The molecule has 3 aliphatic rings. The molecule has 0 spiro atoms. The predicted molar refractivity (Wildman–Crippen MR) is 365 cm³/mol. The number of carbonyl (C=O) groups excluding carboxylic acids is 1. The number of nitrogens with one attached hydrogen (secondary N) is 1. The molecule has 3 rings (SSSR count). The highest BCUT2D eigenvalue weighted by Crippen LogP contribution is 2.33. The Kier molecular flexibility index (Phi) is 50.4. The van der Waals surface area contributed by atoms with Crippen molar-refractivity contribution in [3.8, 4) is 0 Å². The molecule has 12 N–H and O–H groups in total. The summed E-state index contributed by atoms with van der Waals surface area (Å²) in [6.45, 7) is 1.72. The summed E-state index contributed by atoms with van der Waals surface area (Å²) in [6, 6.07) is -0.994. The van der Waals surface area contributed by atoms with Gasteiger partial charge in [-0.2, -0.15) is 0 Å². The Hall–Kier alpha value is -2.51. The zero-order valence-corrected chi connectivity index (χ0v) is 57.5. The Morgan fingerprint density at radius 3 is 1.15 bits per heavy atom. The molecular formula is C74H133NO18. The van der Waals surface area contributed by atoms with Crippen molar-refractivity contribution in [1.29, 1.82) is 0 Å². The Morgan fingerprint density at radius 1 is 0.387 bits per heavy atom. The van der Waals surface area contributed by atoms with Crippen molar-refractivity contribution in [2.24, 2.45) is 0 Å². The lowest BCUT2D eigenvalue weighted by Gasteiger charge is -2.48. The van der Waals surface area contributed by atoms with Crippen LogP contribution in [0.4, 0.5) is 0 Å². The first-order chi connectivity index (χ1) is 45.3. The van der Waals surface area contributed by atoms with Crippen LogP contribution in [0.3, 0.4) is 0 Å². The fraction of sp³-hybridized carbons (Fsp3) is 0.851. The van der Waals surface area contributed by atoms with Crippen LogP contribution >= 0.6 is 0 Å². The molecule has 0 bridgehead atoms. The third-order valence-electron chi connectivity index (χ3n) is 18.3. The highest BCUT2D eigenvalue weighted by molar-refractivity contribution is 5.76. The number of aliphatic hydroxyl groups excluding tert-OH is 11. The van der Waals surface area contributed by atoms with E-state index in [1.165, 1.54) is 180 Å². The predicted octanol–water partition coefficient (Wildman–Crippen LogP) is 10.7. The van der Waals surface area contributed by atoms with Gasteiger partial charge in [-0.15, -0.1) is 0 Å². The van der Waals surface area contributed by atoms with Gasteiger partial charge in [-0.05, 0) is 70.6 Å². The third-order valence-corrected chi connectivity index (χ3v) is 18.3. The highest BCUT2D eigenvalue weighted by atomic mass is 16.8. The second-order valence-corrected chi connectivity index (χ2v) is 26.4. The molecule has 0 saturated carbocycles. The zero-order chi connectivity index (χ0) is 67.5. The van der Waals surface area contributed by atoms with Gasteiger partial charge in [0.15, 0.2) is 18.9 Å². The second kappa shape index (κ2) is 55.4. The molecule has 1 amide bonds. The van der Waals surface area contributed by atoms with E-state index in [4.69, 9.17) is 28.4 Å². The quantitative estimate of drug-likeness (QED) is 0.0199. The van der Waals surface area contributed by atoms with Crippen LogP contribution in [0, 0.1) is 0 Å². The van der Waals surface area contributed by atoms with Gasteiger partial charge < -0.3 is 89.9 Å². The highest BCUT2D eigenvalue weighted by Gasteiger charge is 2.53. The molecule has 3 saturated heterocycles. The summed E-state index contributed by atoms with van der Waals surface area (Å²) in [5.41, 5.74) is 0. The molecule has 0 radical (unpaired) electrons. The number of carbonyl (C=O) groups is 1. The molecule has 19 nitrogen and oxygen atoms in total.